The lowest BCUT2D eigenvalue weighted by Crippen LogP contribution is -2.16. The molecular formula is C16H18O2S. The highest BCUT2D eigenvalue weighted by atomic mass is 32.1. The van der Waals surface area contributed by atoms with Crippen molar-refractivity contribution in [3.63, 3.8) is 0 Å². The van der Waals surface area contributed by atoms with E-state index in [1.165, 1.54) is 11.3 Å². The lowest BCUT2D eigenvalue weighted by atomic mass is 9.86. The number of hydrogen-bond donors (Lipinski definition) is 0. The molecule has 0 saturated carbocycles. The summed E-state index contributed by atoms with van der Waals surface area (Å²) in [6.07, 6.45) is 0. The van der Waals surface area contributed by atoms with Gasteiger partial charge in [0.15, 0.2) is 6.61 Å². The third-order valence-electron chi connectivity index (χ3n) is 2.85. The molecule has 1 aromatic heterocycles. The smallest absolute Gasteiger partial charge is 0.210 e. The largest absolute Gasteiger partial charge is 0.485 e. The maximum absolute atomic E-state index is 11.9. The summed E-state index contributed by atoms with van der Waals surface area (Å²) in [6, 6.07) is 11.6. The fourth-order valence-electron chi connectivity index (χ4n) is 1.86. The molecule has 0 N–H and O–H groups in total. The van der Waals surface area contributed by atoms with E-state index in [9.17, 15) is 4.79 Å². The predicted octanol–water partition coefficient (Wildman–Crippen LogP) is 4.31. The van der Waals surface area contributed by atoms with Gasteiger partial charge in [0.25, 0.3) is 0 Å². The predicted molar refractivity (Wildman–Crippen MR) is 79.3 cm³/mol. The molecule has 100 valence electrons. The van der Waals surface area contributed by atoms with Crippen molar-refractivity contribution in [2.75, 3.05) is 6.61 Å². The molecule has 0 saturated heterocycles. The van der Waals surface area contributed by atoms with Crippen LogP contribution in [0.25, 0.3) is 0 Å². The second-order valence-corrected chi connectivity index (χ2v) is 6.38. The van der Waals surface area contributed by atoms with Crippen molar-refractivity contribution in [2.45, 2.75) is 26.2 Å². The summed E-state index contributed by atoms with van der Waals surface area (Å²) >= 11 is 1.45. The molecule has 0 atom stereocenters. The summed E-state index contributed by atoms with van der Waals surface area (Å²) in [5.74, 6) is 0.818. The van der Waals surface area contributed by atoms with E-state index in [-0.39, 0.29) is 17.8 Å². The Balaban J connectivity index is 2.10. The Kier molecular flexibility index (Phi) is 4.05. The Morgan fingerprint density at radius 1 is 1.16 bits per heavy atom. The molecule has 0 bridgehead atoms. The Morgan fingerprint density at radius 3 is 2.53 bits per heavy atom. The summed E-state index contributed by atoms with van der Waals surface area (Å²) < 4.78 is 5.71. The van der Waals surface area contributed by atoms with E-state index in [1.807, 2.05) is 41.8 Å². The molecule has 2 nitrogen and oxygen atoms in total. The highest BCUT2D eigenvalue weighted by Gasteiger charge is 2.19. The van der Waals surface area contributed by atoms with Crippen molar-refractivity contribution in [1.82, 2.24) is 0 Å². The molecular weight excluding hydrogens is 256 g/mol. The second-order valence-electron chi connectivity index (χ2n) is 5.44. The first-order valence-corrected chi connectivity index (χ1v) is 7.15. The van der Waals surface area contributed by atoms with E-state index in [1.54, 1.807) is 0 Å². The number of rotatable bonds is 4. The first-order chi connectivity index (χ1) is 8.98. The highest BCUT2D eigenvalue weighted by molar-refractivity contribution is 7.12. The van der Waals surface area contributed by atoms with E-state index in [0.29, 0.717) is 0 Å². The average molecular weight is 274 g/mol. The molecule has 0 aliphatic heterocycles. The van der Waals surface area contributed by atoms with Crippen LogP contribution in [-0.4, -0.2) is 12.4 Å². The van der Waals surface area contributed by atoms with E-state index < -0.39 is 0 Å². The molecule has 3 heteroatoms. The zero-order valence-corrected chi connectivity index (χ0v) is 12.3. The van der Waals surface area contributed by atoms with Gasteiger partial charge < -0.3 is 4.74 Å². The van der Waals surface area contributed by atoms with Crippen LogP contribution in [0.15, 0.2) is 41.8 Å². The van der Waals surface area contributed by atoms with Crippen molar-refractivity contribution < 1.29 is 9.53 Å². The monoisotopic (exact) mass is 274 g/mol. The summed E-state index contributed by atoms with van der Waals surface area (Å²) in [7, 11) is 0. The van der Waals surface area contributed by atoms with Gasteiger partial charge in [-0.1, -0.05) is 45.0 Å². The Bertz CT molecular complexity index is 550. The standard InChI is InChI=1S/C16H18O2S/c1-16(2,3)12-7-4-5-8-14(12)18-11-13(17)15-9-6-10-19-15/h4-10H,11H2,1-3H3. The maximum Gasteiger partial charge on any atom is 0.210 e. The quantitative estimate of drug-likeness (QED) is 0.777. The minimum absolute atomic E-state index is 0.00255. The maximum atomic E-state index is 11.9. The van der Waals surface area contributed by atoms with Crippen molar-refractivity contribution in [1.29, 1.82) is 0 Å². The van der Waals surface area contributed by atoms with Crippen LogP contribution >= 0.6 is 11.3 Å². The van der Waals surface area contributed by atoms with Crippen LogP contribution in [0.4, 0.5) is 0 Å². The lowest BCUT2D eigenvalue weighted by molar-refractivity contribution is 0.0924. The van der Waals surface area contributed by atoms with Crippen LogP contribution < -0.4 is 4.74 Å². The van der Waals surface area contributed by atoms with Crippen LogP contribution in [0.1, 0.15) is 36.0 Å². The van der Waals surface area contributed by atoms with Gasteiger partial charge in [0, 0.05) is 0 Å². The van der Waals surface area contributed by atoms with Crippen molar-refractivity contribution in [3.05, 3.63) is 52.2 Å². The van der Waals surface area contributed by atoms with Crippen LogP contribution in [-0.2, 0) is 5.41 Å². The minimum atomic E-state index is 0.00255. The highest BCUT2D eigenvalue weighted by Crippen LogP contribution is 2.31. The number of benzene rings is 1. The molecule has 1 aromatic carbocycles. The average Bonchev–Trinajstić information content (AvgIpc) is 2.89. The fourth-order valence-corrected chi connectivity index (χ4v) is 2.52. The van der Waals surface area contributed by atoms with Crippen LogP contribution in [0.2, 0.25) is 0 Å². The normalized spacial score (nSPS) is 11.3. The molecule has 1 heterocycles. The Hall–Kier alpha value is -1.61. The number of Topliss-reactive ketones (excluding diaryl/α,β-unsaturated/α-hetero) is 1. The summed E-state index contributed by atoms with van der Waals surface area (Å²) in [4.78, 5) is 12.7. The lowest BCUT2D eigenvalue weighted by Gasteiger charge is -2.22. The topological polar surface area (TPSA) is 26.3 Å². The van der Waals surface area contributed by atoms with Gasteiger partial charge in [-0.2, -0.15) is 0 Å². The van der Waals surface area contributed by atoms with Gasteiger partial charge in [-0.3, -0.25) is 4.79 Å². The number of thiophene rings is 1. The first kappa shape index (κ1) is 13.8. The number of para-hydroxylation sites is 1. The third-order valence-corrected chi connectivity index (χ3v) is 3.76. The van der Waals surface area contributed by atoms with E-state index in [2.05, 4.69) is 20.8 Å². The number of hydrogen-bond acceptors (Lipinski definition) is 3. The molecule has 19 heavy (non-hydrogen) atoms. The van der Waals surface area contributed by atoms with Gasteiger partial charge >= 0.3 is 0 Å². The van der Waals surface area contributed by atoms with Gasteiger partial charge in [0.05, 0.1) is 4.88 Å². The van der Waals surface area contributed by atoms with E-state index >= 15 is 0 Å². The van der Waals surface area contributed by atoms with Gasteiger partial charge in [-0.15, -0.1) is 11.3 Å². The zero-order valence-electron chi connectivity index (χ0n) is 11.5. The summed E-state index contributed by atoms with van der Waals surface area (Å²) in [5.41, 5.74) is 1.12. The third kappa shape index (κ3) is 3.44. The molecule has 0 fully saturated rings. The second kappa shape index (κ2) is 5.57. The minimum Gasteiger partial charge on any atom is -0.485 e. The van der Waals surface area contributed by atoms with Crippen molar-refractivity contribution in [2.24, 2.45) is 0 Å². The summed E-state index contributed by atoms with van der Waals surface area (Å²) in [6.45, 7) is 6.50. The fraction of sp³-hybridized carbons (Fsp3) is 0.312. The SMILES string of the molecule is CC(C)(C)c1ccccc1OCC(=O)c1cccs1. The first-order valence-electron chi connectivity index (χ1n) is 6.27. The number of ketones is 1. The molecule has 0 amide bonds. The van der Waals surface area contributed by atoms with Gasteiger partial charge in [0.2, 0.25) is 5.78 Å². The van der Waals surface area contributed by atoms with Gasteiger partial charge in [0.1, 0.15) is 5.75 Å². The molecule has 0 radical (unpaired) electrons. The van der Waals surface area contributed by atoms with Gasteiger partial charge in [-0.25, -0.2) is 0 Å². The molecule has 0 unspecified atom stereocenters. The Morgan fingerprint density at radius 2 is 1.89 bits per heavy atom. The van der Waals surface area contributed by atoms with E-state index in [4.69, 9.17) is 4.74 Å². The molecule has 0 aliphatic carbocycles. The van der Waals surface area contributed by atoms with Crippen molar-refractivity contribution >= 4 is 17.1 Å². The molecule has 2 aromatic rings. The number of carbonyl (C=O) groups is 1. The van der Waals surface area contributed by atoms with Crippen molar-refractivity contribution in [3.8, 4) is 5.75 Å². The van der Waals surface area contributed by atoms with Crippen LogP contribution in [0, 0.1) is 0 Å². The molecule has 2 rings (SSSR count). The van der Waals surface area contributed by atoms with Gasteiger partial charge in [-0.05, 0) is 28.5 Å². The molecule has 0 spiro atoms. The zero-order chi connectivity index (χ0) is 13.9. The van der Waals surface area contributed by atoms with E-state index in [0.717, 1.165) is 16.2 Å². The summed E-state index contributed by atoms with van der Waals surface area (Å²) in [5, 5.41) is 1.90. The van der Waals surface area contributed by atoms with Crippen LogP contribution in [0.5, 0.6) is 5.75 Å². The molecule has 0 aliphatic rings. The number of carbonyl (C=O) groups excluding carboxylic acids is 1. The Labute approximate surface area is 118 Å². The number of ether oxygens (including phenoxy) is 1. The van der Waals surface area contributed by atoms with Crippen LogP contribution in [0.3, 0.4) is 0 Å².